The summed E-state index contributed by atoms with van der Waals surface area (Å²) in [6, 6.07) is 11.7. The average Bonchev–Trinajstić information content (AvgIpc) is 3.14. The van der Waals surface area contributed by atoms with Gasteiger partial charge in [-0.1, -0.05) is 0 Å². The van der Waals surface area contributed by atoms with E-state index in [4.69, 9.17) is 9.47 Å². The number of aromatic nitrogens is 2. The van der Waals surface area contributed by atoms with Crippen LogP contribution in [0.2, 0.25) is 0 Å². The number of H-pyrrole nitrogens is 1. The van der Waals surface area contributed by atoms with E-state index in [1.54, 1.807) is 6.20 Å². The summed E-state index contributed by atoms with van der Waals surface area (Å²) in [5, 5.41) is 2.87. The smallest absolute Gasteiger partial charge is 0.253 e. The molecule has 1 amide bonds. The fourth-order valence-corrected chi connectivity index (χ4v) is 3.41. The number of fused-ring (bicyclic) bond motifs is 2. The maximum atomic E-state index is 12.0. The van der Waals surface area contributed by atoms with Crippen molar-refractivity contribution in [1.82, 2.24) is 15.3 Å². The van der Waals surface area contributed by atoms with Gasteiger partial charge in [-0.05, 0) is 36.4 Å². The summed E-state index contributed by atoms with van der Waals surface area (Å²) in [5.74, 6) is 1.49. The molecule has 6 heteroatoms. The maximum Gasteiger partial charge on any atom is 0.253 e. The lowest BCUT2D eigenvalue weighted by Crippen LogP contribution is -2.31. The van der Waals surface area contributed by atoms with Crippen molar-refractivity contribution in [3.8, 4) is 34.0 Å². The number of hydrogen-bond acceptors (Lipinski definition) is 4. The van der Waals surface area contributed by atoms with Crippen molar-refractivity contribution >= 4 is 5.91 Å². The summed E-state index contributed by atoms with van der Waals surface area (Å²) >= 11 is 0. The van der Waals surface area contributed by atoms with E-state index < -0.39 is 0 Å². The Balaban J connectivity index is 1.53. The zero-order valence-electron chi connectivity index (χ0n) is 14.0. The molecule has 6 nitrogen and oxygen atoms in total. The Morgan fingerprint density at radius 3 is 2.73 bits per heavy atom. The van der Waals surface area contributed by atoms with Crippen molar-refractivity contribution in [2.75, 3.05) is 19.8 Å². The van der Waals surface area contributed by atoms with Crippen LogP contribution in [-0.2, 0) is 6.42 Å². The number of benzene rings is 1. The van der Waals surface area contributed by atoms with Crippen LogP contribution in [0.15, 0.2) is 42.6 Å². The standard InChI is InChI=1S/C20H17N3O3/c24-20-14-11-17(23-15(14)4-6-22-20)13-3-5-21-16(9-13)12-1-2-18-19(10-12)26-8-7-25-18/h1-3,5,9-11,23H,4,6-8H2,(H,22,24). The second-order valence-electron chi connectivity index (χ2n) is 6.37. The number of ether oxygens (including phenoxy) is 2. The van der Waals surface area contributed by atoms with E-state index in [1.807, 2.05) is 36.4 Å². The molecule has 130 valence electrons. The molecule has 0 bridgehead atoms. The molecule has 2 aliphatic rings. The number of amides is 1. The Morgan fingerprint density at radius 2 is 1.85 bits per heavy atom. The second kappa shape index (κ2) is 5.91. The lowest BCUT2D eigenvalue weighted by atomic mass is 10.1. The molecule has 5 rings (SSSR count). The third kappa shape index (κ3) is 2.50. The number of carbonyl (C=O) groups excluding carboxylic acids is 1. The van der Waals surface area contributed by atoms with Crippen LogP contribution in [0.1, 0.15) is 16.1 Å². The van der Waals surface area contributed by atoms with E-state index in [2.05, 4.69) is 15.3 Å². The fraction of sp³-hybridized carbons (Fsp3) is 0.200. The summed E-state index contributed by atoms with van der Waals surface area (Å²) in [6.07, 6.45) is 2.60. The molecule has 0 saturated heterocycles. The number of pyridine rings is 1. The Hall–Kier alpha value is -3.28. The number of hydrogen-bond donors (Lipinski definition) is 2. The molecule has 0 atom stereocenters. The van der Waals surface area contributed by atoms with Gasteiger partial charge in [0.25, 0.3) is 5.91 Å². The van der Waals surface area contributed by atoms with Crippen LogP contribution in [0, 0.1) is 0 Å². The molecule has 0 saturated carbocycles. The fourth-order valence-electron chi connectivity index (χ4n) is 3.41. The van der Waals surface area contributed by atoms with E-state index in [1.165, 1.54) is 0 Å². The molecule has 0 spiro atoms. The molecule has 1 aromatic carbocycles. The Morgan fingerprint density at radius 1 is 0.962 bits per heavy atom. The first-order valence-electron chi connectivity index (χ1n) is 8.64. The van der Waals surface area contributed by atoms with Crippen LogP contribution in [0.3, 0.4) is 0 Å². The summed E-state index contributed by atoms with van der Waals surface area (Å²) in [7, 11) is 0. The number of carbonyl (C=O) groups is 1. The molecule has 4 heterocycles. The average molecular weight is 347 g/mol. The Labute approximate surface area is 150 Å². The van der Waals surface area contributed by atoms with Gasteiger partial charge in [-0.15, -0.1) is 0 Å². The minimum Gasteiger partial charge on any atom is -0.486 e. The van der Waals surface area contributed by atoms with Crippen LogP contribution in [0.4, 0.5) is 0 Å². The van der Waals surface area contributed by atoms with E-state index in [0.717, 1.165) is 51.7 Å². The monoisotopic (exact) mass is 347 g/mol. The van der Waals surface area contributed by atoms with Gasteiger partial charge in [-0.3, -0.25) is 9.78 Å². The molecule has 0 fully saturated rings. The zero-order chi connectivity index (χ0) is 17.5. The summed E-state index contributed by atoms with van der Waals surface area (Å²) < 4.78 is 11.2. The first kappa shape index (κ1) is 15.0. The van der Waals surface area contributed by atoms with Crippen LogP contribution in [0.5, 0.6) is 11.5 Å². The second-order valence-corrected chi connectivity index (χ2v) is 6.37. The normalized spacial score (nSPS) is 15.3. The number of nitrogens with one attached hydrogen (secondary N) is 2. The molecule has 0 radical (unpaired) electrons. The van der Waals surface area contributed by atoms with Gasteiger partial charge in [-0.2, -0.15) is 0 Å². The third-order valence-corrected chi connectivity index (χ3v) is 4.71. The topological polar surface area (TPSA) is 76.2 Å². The molecule has 2 N–H and O–H groups in total. The summed E-state index contributed by atoms with van der Waals surface area (Å²) in [5.41, 5.74) is 5.44. The van der Waals surface area contributed by atoms with Crippen molar-refractivity contribution in [2.24, 2.45) is 0 Å². The molecule has 3 aromatic rings. The predicted molar refractivity (Wildman–Crippen MR) is 96.5 cm³/mol. The lowest BCUT2D eigenvalue weighted by molar-refractivity contribution is 0.0946. The van der Waals surface area contributed by atoms with Gasteiger partial charge >= 0.3 is 0 Å². The Kier molecular flexibility index (Phi) is 3.41. The SMILES string of the molecule is O=C1NCCc2[nH]c(-c3ccnc(-c4ccc5c(c4)OCCO5)c3)cc21. The minimum absolute atomic E-state index is 0.0186. The van der Waals surface area contributed by atoms with Crippen molar-refractivity contribution in [1.29, 1.82) is 0 Å². The van der Waals surface area contributed by atoms with E-state index in [-0.39, 0.29) is 5.91 Å². The maximum absolute atomic E-state index is 12.0. The largest absolute Gasteiger partial charge is 0.486 e. The first-order chi connectivity index (χ1) is 12.8. The van der Waals surface area contributed by atoms with Gasteiger partial charge in [0.2, 0.25) is 0 Å². The van der Waals surface area contributed by atoms with Gasteiger partial charge in [-0.25, -0.2) is 0 Å². The summed E-state index contributed by atoms with van der Waals surface area (Å²) in [6.45, 7) is 1.80. The van der Waals surface area contributed by atoms with Crippen molar-refractivity contribution < 1.29 is 14.3 Å². The lowest BCUT2D eigenvalue weighted by Gasteiger charge is -2.18. The zero-order valence-corrected chi connectivity index (χ0v) is 14.0. The molecular weight excluding hydrogens is 330 g/mol. The Bertz CT molecular complexity index is 1010. The minimum atomic E-state index is -0.0186. The quantitative estimate of drug-likeness (QED) is 0.747. The van der Waals surface area contributed by atoms with Gasteiger partial charge in [0.1, 0.15) is 13.2 Å². The molecule has 26 heavy (non-hydrogen) atoms. The molecule has 2 aromatic heterocycles. The molecule has 2 aliphatic heterocycles. The van der Waals surface area contributed by atoms with Crippen LogP contribution >= 0.6 is 0 Å². The number of aromatic amines is 1. The van der Waals surface area contributed by atoms with Crippen LogP contribution in [-0.4, -0.2) is 35.6 Å². The number of rotatable bonds is 2. The predicted octanol–water partition coefficient (Wildman–Crippen LogP) is 2.80. The van der Waals surface area contributed by atoms with Crippen molar-refractivity contribution in [3.63, 3.8) is 0 Å². The van der Waals surface area contributed by atoms with E-state index >= 15 is 0 Å². The number of nitrogens with zero attached hydrogens (tertiary/aromatic N) is 1. The van der Waals surface area contributed by atoms with Crippen LogP contribution in [0.25, 0.3) is 22.5 Å². The van der Waals surface area contributed by atoms with Gasteiger partial charge in [0.05, 0.1) is 11.3 Å². The van der Waals surface area contributed by atoms with Crippen molar-refractivity contribution in [3.05, 3.63) is 53.9 Å². The summed E-state index contributed by atoms with van der Waals surface area (Å²) in [4.78, 5) is 19.9. The van der Waals surface area contributed by atoms with E-state index in [9.17, 15) is 4.79 Å². The first-order valence-corrected chi connectivity index (χ1v) is 8.64. The van der Waals surface area contributed by atoms with Crippen LogP contribution < -0.4 is 14.8 Å². The molecule has 0 aliphatic carbocycles. The highest BCUT2D eigenvalue weighted by Gasteiger charge is 2.20. The highest BCUT2D eigenvalue weighted by Crippen LogP contribution is 2.35. The van der Waals surface area contributed by atoms with Crippen molar-refractivity contribution in [2.45, 2.75) is 6.42 Å². The highest BCUT2D eigenvalue weighted by atomic mass is 16.6. The van der Waals surface area contributed by atoms with Gasteiger partial charge in [0.15, 0.2) is 11.5 Å². The van der Waals surface area contributed by atoms with Gasteiger partial charge in [0, 0.05) is 41.7 Å². The molecule has 0 unspecified atom stereocenters. The van der Waals surface area contributed by atoms with E-state index in [0.29, 0.717) is 19.8 Å². The van der Waals surface area contributed by atoms with Gasteiger partial charge < -0.3 is 19.8 Å². The molecular formula is C20H17N3O3. The third-order valence-electron chi connectivity index (χ3n) is 4.71. The highest BCUT2D eigenvalue weighted by molar-refractivity contribution is 5.97.